The molecule has 1 heterocycles. The van der Waals surface area contributed by atoms with Crippen molar-refractivity contribution in [3.8, 4) is 0 Å². The molecule has 2 amide bonds. The Kier molecular flexibility index (Phi) is 3.64. The number of hydrogen-bond acceptors (Lipinski definition) is 3. The fourth-order valence-corrected chi connectivity index (χ4v) is 1.40. The molecule has 1 rings (SSSR count). The largest absolute Gasteiger partial charge is 0.368 e. The molecule has 6 heteroatoms. The van der Waals surface area contributed by atoms with Crippen molar-refractivity contribution in [1.82, 2.24) is 10.3 Å². The van der Waals surface area contributed by atoms with E-state index in [1.165, 1.54) is 13.8 Å². The van der Waals surface area contributed by atoms with Gasteiger partial charge in [-0.25, -0.2) is 4.98 Å². The van der Waals surface area contributed by atoms with Crippen molar-refractivity contribution in [1.29, 1.82) is 0 Å². The number of pyridine rings is 1. The summed E-state index contributed by atoms with van der Waals surface area (Å²) in [6.07, 6.45) is 1.56. The van der Waals surface area contributed by atoms with Crippen LogP contribution in [0.1, 0.15) is 24.2 Å². The molecule has 3 N–H and O–H groups in total. The molecule has 0 aliphatic carbocycles. The van der Waals surface area contributed by atoms with Crippen molar-refractivity contribution >= 4 is 27.7 Å². The highest BCUT2D eigenvalue weighted by atomic mass is 79.9. The van der Waals surface area contributed by atoms with Gasteiger partial charge < -0.3 is 11.1 Å². The van der Waals surface area contributed by atoms with E-state index < -0.39 is 17.4 Å². The summed E-state index contributed by atoms with van der Waals surface area (Å²) < 4.78 is 0.424. The van der Waals surface area contributed by atoms with E-state index in [-0.39, 0.29) is 0 Å². The minimum absolute atomic E-state index is 0.358. The van der Waals surface area contributed by atoms with Crippen LogP contribution in [0.3, 0.4) is 0 Å². The maximum atomic E-state index is 11.8. The maximum Gasteiger partial charge on any atom is 0.254 e. The zero-order valence-electron chi connectivity index (χ0n) is 8.95. The zero-order chi connectivity index (χ0) is 12.3. The lowest BCUT2D eigenvalue weighted by molar-refractivity contribution is -0.122. The van der Waals surface area contributed by atoms with E-state index in [1.54, 1.807) is 18.3 Å². The predicted octanol–water partition coefficient (Wildman–Crippen LogP) is 0.838. The van der Waals surface area contributed by atoms with Gasteiger partial charge in [0.15, 0.2) is 0 Å². The molecule has 0 fully saturated rings. The third-order valence-corrected chi connectivity index (χ3v) is 2.68. The number of hydrogen-bond donors (Lipinski definition) is 2. The van der Waals surface area contributed by atoms with Gasteiger partial charge in [0.05, 0.1) is 5.56 Å². The second-order valence-electron chi connectivity index (χ2n) is 3.79. The summed E-state index contributed by atoms with van der Waals surface area (Å²) in [5.74, 6) is -0.996. The van der Waals surface area contributed by atoms with Crippen LogP contribution in [0.25, 0.3) is 0 Å². The van der Waals surface area contributed by atoms with Crippen LogP contribution < -0.4 is 11.1 Å². The molecule has 1 aromatic heterocycles. The molecule has 0 radical (unpaired) electrons. The number of amides is 2. The van der Waals surface area contributed by atoms with Crippen LogP contribution >= 0.6 is 15.9 Å². The van der Waals surface area contributed by atoms with E-state index in [2.05, 4.69) is 26.2 Å². The van der Waals surface area contributed by atoms with Gasteiger partial charge in [-0.15, -0.1) is 0 Å². The standard InChI is InChI=1S/C10H12BrN3O2/c1-10(2,9(12)16)14-8(15)6-4-3-5-13-7(6)11/h3-5H,1-2H3,(H2,12,16)(H,14,15). The van der Waals surface area contributed by atoms with E-state index in [9.17, 15) is 9.59 Å². The topological polar surface area (TPSA) is 85.1 Å². The number of primary amides is 1. The van der Waals surface area contributed by atoms with Crippen LogP contribution in [0.5, 0.6) is 0 Å². The summed E-state index contributed by atoms with van der Waals surface area (Å²) in [5.41, 5.74) is 4.42. The summed E-state index contributed by atoms with van der Waals surface area (Å²) in [6, 6.07) is 3.24. The Balaban J connectivity index is 2.89. The molecule has 0 bridgehead atoms. The summed E-state index contributed by atoms with van der Waals surface area (Å²) in [4.78, 5) is 26.8. The smallest absolute Gasteiger partial charge is 0.254 e. The van der Waals surface area contributed by atoms with Gasteiger partial charge in [0, 0.05) is 6.20 Å². The van der Waals surface area contributed by atoms with Crippen molar-refractivity contribution in [2.45, 2.75) is 19.4 Å². The number of carbonyl (C=O) groups excluding carboxylic acids is 2. The quantitative estimate of drug-likeness (QED) is 0.807. The molecule has 0 saturated heterocycles. The van der Waals surface area contributed by atoms with Crippen LogP contribution in [0.15, 0.2) is 22.9 Å². The molecule has 16 heavy (non-hydrogen) atoms. The first-order valence-electron chi connectivity index (χ1n) is 4.57. The Morgan fingerprint density at radius 3 is 2.62 bits per heavy atom. The number of rotatable bonds is 3. The Labute approximate surface area is 102 Å². The van der Waals surface area contributed by atoms with Crippen molar-refractivity contribution in [2.24, 2.45) is 5.73 Å². The van der Waals surface area contributed by atoms with E-state index in [0.717, 1.165) is 0 Å². The third kappa shape index (κ3) is 2.79. The molecule has 1 aromatic rings. The van der Waals surface area contributed by atoms with Crippen molar-refractivity contribution < 1.29 is 9.59 Å². The fraction of sp³-hybridized carbons (Fsp3) is 0.300. The Bertz CT molecular complexity index is 432. The highest BCUT2D eigenvalue weighted by molar-refractivity contribution is 9.10. The average molecular weight is 286 g/mol. The Morgan fingerprint density at radius 1 is 1.50 bits per heavy atom. The van der Waals surface area contributed by atoms with Crippen LogP contribution in [0, 0.1) is 0 Å². The van der Waals surface area contributed by atoms with Gasteiger partial charge in [0.2, 0.25) is 5.91 Å². The first-order valence-corrected chi connectivity index (χ1v) is 5.37. The van der Waals surface area contributed by atoms with Gasteiger partial charge >= 0.3 is 0 Å². The number of aromatic nitrogens is 1. The SMILES string of the molecule is CC(C)(NC(=O)c1cccnc1Br)C(N)=O. The van der Waals surface area contributed by atoms with Crippen LogP contribution in [-0.4, -0.2) is 22.3 Å². The van der Waals surface area contributed by atoms with Gasteiger partial charge in [-0.1, -0.05) is 0 Å². The molecule has 0 saturated carbocycles. The zero-order valence-corrected chi connectivity index (χ0v) is 10.5. The molecular weight excluding hydrogens is 274 g/mol. The van der Waals surface area contributed by atoms with E-state index in [0.29, 0.717) is 10.2 Å². The minimum Gasteiger partial charge on any atom is -0.368 e. The highest BCUT2D eigenvalue weighted by Crippen LogP contribution is 2.13. The lowest BCUT2D eigenvalue weighted by atomic mass is 10.0. The molecule has 5 nitrogen and oxygen atoms in total. The molecule has 0 aromatic carbocycles. The number of nitrogens with zero attached hydrogens (tertiary/aromatic N) is 1. The first kappa shape index (κ1) is 12.6. The third-order valence-electron chi connectivity index (χ3n) is 2.05. The number of carbonyl (C=O) groups is 2. The first-order chi connectivity index (χ1) is 7.34. The van der Waals surface area contributed by atoms with E-state index >= 15 is 0 Å². The van der Waals surface area contributed by atoms with Crippen molar-refractivity contribution in [2.75, 3.05) is 0 Å². The number of nitrogens with one attached hydrogen (secondary N) is 1. The number of halogens is 1. The van der Waals surface area contributed by atoms with Gasteiger partial charge in [-0.3, -0.25) is 9.59 Å². The Morgan fingerprint density at radius 2 is 2.12 bits per heavy atom. The van der Waals surface area contributed by atoms with Crippen molar-refractivity contribution in [3.05, 3.63) is 28.5 Å². The predicted molar refractivity (Wildman–Crippen MR) is 62.7 cm³/mol. The summed E-state index contributed by atoms with van der Waals surface area (Å²) >= 11 is 3.15. The van der Waals surface area contributed by atoms with E-state index in [1.807, 2.05) is 0 Å². The molecule has 0 aliphatic rings. The lowest BCUT2D eigenvalue weighted by Gasteiger charge is -2.22. The lowest BCUT2D eigenvalue weighted by Crippen LogP contribution is -2.53. The van der Waals surface area contributed by atoms with Crippen LogP contribution in [0.2, 0.25) is 0 Å². The molecule has 0 atom stereocenters. The van der Waals surface area contributed by atoms with Crippen LogP contribution in [0.4, 0.5) is 0 Å². The average Bonchev–Trinajstić information content (AvgIpc) is 2.17. The van der Waals surface area contributed by atoms with Gasteiger partial charge in [-0.2, -0.15) is 0 Å². The fourth-order valence-electron chi connectivity index (χ4n) is 0.968. The normalized spacial score (nSPS) is 10.9. The van der Waals surface area contributed by atoms with Crippen LogP contribution in [-0.2, 0) is 4.79 Å². The maximum absolute atomic E-state index is 11.8. The van der Waals surface area contributed by atoms with Crippen molar-refractivity contribution in [3.63, 3.8) is 0 Å². The molecular formula is C10H12BrN3O2. The molecule has 86 valence electrons. The van der Waals surface area contributed by atoms with Gasteiger partial charge in [0.1, 0.15) is 10.1 Å². The molecule has 0 unspecified atom stereocenters. The highest BCUT2D eigenvalue weighted by Gasteiger charge is 2.27. The second-order valence-corrected chi connectivity index (χ2v) is 4.54. The summed E-state index contributed by atoms with van der Waals surface area (Å²) in [5, 5.41) is 2.53. The monoisotopic (exact) mass is 285 g/mol. The minimum atomic E-state index is -1.09. The van der Waals surface area contributed by atoms with E-state index in [4.69, 9.17) is 5.73 Å². The van der Waals surface area contributed by atoms with Gasteiger partial charge in [0.25, 0.3) is 5.91 Å². The molecule has 0 spiro atoms. The summed E-state index contributed by atoms with van der Waals surface area (Å²) in [6.45, 7) is 3.08. The molecule has 0 aliphatic heterocycles. The Hall–Kier alpha value is -1.43. The summed E-state index contributed by atoms with van der Waals surface area (Å²) in [7, 11) is 0. The van der Waals surface area contributed by atoms with Gasteiger partial charge in [-0.05, 0) is 41.9 Å². The number of nitrogens with two attached hydrogens (primary N) is 1. The second kappa shape index (κ2) is 4.61.